The number of para-hydroxylation sites is 1. The van der Waals surface area contributed by atoms with Crippen LogP contribution in [0.4, 0.5) is 0 Å². The van der Waals surface area contributed by atoms with Gasteiger partial charge < -0.3 is 10.1 Å². The monoisotopic (exact) mass is 247 g/mol. The van der Waals surface area contributed by atoms with Gasteiger partial charge in [0.1, 0.15) is 5.75 Å². The van der Waals surface area contributed by atoms with E-state index in [1.54, 1.807) is 11.3 Å². The molecule has 1 aromatic carbocycles. The third-order valence-corrected chi connectivity index (χ3v) is 3.58. The third kappa shape index (κ3) is 2.68. The maximum Gasteiger partial charge on any atom is 0.124 e. The van der Waals surface area contributed by atoms with Crippen LogP contribution in [0.5, 0.6) is 5.75 Å². The van der Waals surface area contributed by atoms with Crippen molar-refractivity contribution in [2.24, 2.45) is 0 Å². The molecule has 1 atom stereocenters. The summed E-state index contributed by atoms with van der Waals surface area (Å²) >= 11 is 1.76. The molecule has 90 valence electrons. The highest BCUT2D eigenvalue weighted by Gasteiger charge is 2.16. The van der Waals surface area contributed by atoms with Crippen LogP contribution in [-0.4, -0.2) is 13.7 Å². The smallest absolute Gasteiger partial charge is 0.124 e. The molecule has 0 bridgehead atoms. The minimum absolute atomic E-state index is 0.206. The molecule has 1 unspecified atom stereocenters. The van der Waals surface area contributed by atoms with Crippen LogP contribution >= 0.6 is 11.3 Å². The number of thiophene rings is 1. The van der Waals surface area contributed by atoms with Gasteiger partial charge in [-0.25, -0.2) is 0 Å². The molecule has 2 aromatic rings. The Labute approximate surface area is 106 Å². The quantitative estimate of drug-likeness (QED) is 0.873. The number of rotatable bonds is 5. The molecule has 0 radical (unpaired) electrons. The van der Waals surface area contributed by atoms with Gasteiger partial charge in [0.25, 0.3) is 0 Å². The van der Waals surface area contributed by atoms with Crippen LogP contribution in [0.25, 0.3) is 0 Å². The molecule has 0 amide bonds. The van der Waals surface area contributed by atoms with Crippen molar-refractivity contribution in [2.45, 2.75) is 13.0 Å². The van der Waals surface area contributed by atoms with Crippen molar-refractivity contribution in [3.8, 4) is 5.75 Å². The zero-order chi connectivity index (χ0) is 12.1. The van der Waals surface area contributed by atoms with Gasteiger partial charge in [-0.05, 0) is 31.5 Å². The van der Waals surface area contributed by atoms with Crippen molar-refractivity contribution in [1.82, 2.24) is 5.32 Å². The van der Waals surface area contributed by atoms with E-state index in [0.717, 1.165) is 5.75 Å². The second-order valence-corrected chi connectivity index (χ2v) is 4.69. The first-order chi connectivity index (χ1) is 8.36. The molecular weight excluding hydrogens is 230 g/mol. The Hall–Kier alpha value is -1.32. The molecule has 0 spiro atoms. The average molecular weight is 247 g/mol. The largest absolute Gasteiger partial charge is 0.494 e. The topological polar surface area (TPSA) is 21.3 Å². The molecule has 0 saturated carbocycles. The van der Waals surface area contributed by atoms with Gasteiger partial charge in [-0.3, -0.25) is 0 Å². The SMILES string of the molecule is CCOc1ccccc1C(NC)c1cccs1. The van der Waals surface area contributed by atoms with Crippen LogP contribution in [0.1, 0.15) is 23.4 Å². The molecule has 0 fully saturated rings. The molecule has 1 heterocycles. The standard InChI is InChI=1S/C14H17NOS/c1-3-16-12-8-5-4-7-11(12)14(15-2)13-9-6-10-17-13/h4-10,14-15H,3H2,1-2H3. The van der Waals surface area contributed by atoms with Gasteiger partial charge in [0.15, 0.2) is 0 Å². The van der Waals surface area contributed by atoms with Crippen molar-refractivity contribution in [3.05, 3.63) is 52.2 Å². The van der Waals surface area contributed by atoms with Crippen LogP contribution < -0.4 is 10.1 Å². The van der Waals surface area contributed by atoms with Gasteiger partial charge >= 0.3 is 0 Å². The van der Waals surface area contributed by atoms with Gasteiger partial charge in [0, 0.05) is 10.4 Å². The van der Waals surface area contributed by atoms with Gasteiger partial charge in [-0.2, -0.15) is 0 Å². The summed E-state index contributed by atoms with van der Waals surface area (Å²) in [5.74, 6) is 0.961. The van der Waals surface area contributed by atoms with E-state index in [4.69, 9.17) is 4.74 Å². The van der Waals surface area contributed by atoms with Crippen molar-refractivity contribution in [3.63, 3.8) is 0 Å². The summed E-state index contributed by atoms with van der Waals surface area (Å²) < 4.78 is 5.68. The predicted molar refractivity (Wildman–Crippen MR) is 72.8 cm³/mol. The molecule has 17 heavy (non-hydrogen) atoms. The van der Waals surface area contributed by atoms with Gasteiger partial charge in [-0.1, -0.05) is 24.3 Å². The van der Waals surface area contributed by atoms with Crippen molar-refractivity contribution in [2.75, 3.05) is 13.7 Å². The van der Waals surface area contributed by atoms with Gasteiger partial charge in [0.2, 0.25) is 0 Å². The fraction of sp³-hybridized carbons (Fsp3) is 0.286. The first kappa shape index (κ1) is 12.1. The Morgan fingerprint density at radius 3 is 2.71 bits per heavy atom. The highest BCUT2D eigenvalue weighted by Crippen LogP contribution is 2.31. The third-order valence-electron chi connectivity index (χ3n) is 2.65. The van der Waals surface area contributed by atoms with Crippen LogP contribution in [0, 0.1) is 0 Å². The Bertz CT molecular complexity index is 453. The molecule has 2 rings (SSSR count). The first-order valence-corrected chi connectivity index (χ1v) is 6.67. The lowest BCUT2D eigenvalue weighted by molar-refractivity contribution is 0.334. The maximum absolute atomic E-state index is 5.68. The molecule has 0 aliphatic carbocycles. The Morgan fingerprint density at radius 1 is 1.24 bits per heavy atom. The zero-order valence-electron chi connectivity index (χ0n) is 10.1. The van der Waals surface area contributed by atoms with E-state index in [-0.39, 0.29) is 6.04 Å². The van der Waals surface area contributed by atoms with E-state index in [1.165, 1.54) is 10.4 Å². The van der Waals surface area contributed by atoms with E-state index in [0.29, 0.717) is 6.61 Å². The first-order valence-electron chi connectivity index (χ1n) is 5.79. The van der Waals surface area contributed by atoms with Crippen molar-refractivity contribution < 1.29 is 4.74 Å². The maximum atomic E-state index is 5.68. The molecule has 3 heteroatoms. The number of ether oxygens (including phenoxy) is 1. The Morgan fingerprint density at radius 2 is 2.06 bits per heavy atom. The lowest BCUT2D eigenvalue weighted by atomic mass is 10.0. The highest BCUT2D eigenvalue weighted by molar-refractivity contribution is 7.10. The second-order valence-electron chi connectivity index (χ2n) is 3.71. The van der Waals surface area contributed by atoms with Crippen LogP contribution in [0.2, 0.25) is 0 Å². The molecular formula is C14H17NOS. The fourth-order valence-electron chi connectivity index (χ4n) is 1.91. The predicted octanol–water partition coefficient (Wildman–Crippen LogP) is 3.46. The average Bonchev–Trinajstić information content (AvgIpc) is 2.86. The van der Waals surface area contributed by atoms with Crippen LogP contribution in [0.3, 0.4) is 0 Å². The molecule has 1 aromatic heterocycles. The summed E-state index contributed by atoms with van der Waals surface area (Å²) in [6.07, 6.45) is 0. The number of hydrogen-bond acceptors (Lipinski definition) is 3. The van der Waals surface area contributed by atoms with E-state index in [1.807, 2.05) is 26.1 Å². The van der Waals surface area contributed by atoms with E-state index in [9.17, 15) is 0 Å². The molecule has 1 N–H and O–H groups in total. The summed E-state index contributed by atoms with van der Waals surface area (Å²) in [7, 11) is 1.98. The highest BCUT2D eigenvalue weighted by atomic mass is 32.1. The van der Waals surface area contributed by atoms with Crippen LogP contribution in [0.15, 0.2) is 41.8 Å². The summed E-state index contributed by atoms with van der Waals surface area (Å²) in [6.45, 7) is 2.70. The zero-order valence-corrected chi connectivity index (χ0v) is 11.0. The van der Waals surface area contributed by atoms with Crippen molar-refractivity contribution in [1.29, 1.82) is 0 Å². The summed E-state index contributed by atoms with van der Waals surface area (Å²) in [4.78, 5) is 1.31. The minimum Gasteiger partial charge on any atom is -0.494 e. The summed E-state index contributed by atoms with van der Waals surface area (Å²) in [5, 5.41) is 5.45. The Kier molecular flexibility index (Phi) is 4.18. The molecule has 0 aliphatic heterocycles. The lowest BCUT2D eigenvalue weighted by Crippen LogP contribution is -2.17. The van der Waals surface area contributed by atoms with Gasteiger partial charge in [0.05, 0.1) is 12.6 Å². The van der Waals surface area contributed by atoms with Crippen molar-refractivity contribution >= 4 is 11.3 Å². The fourth-order valence-corrected chi connectivity index (χ4v) is 2.76. The summed E-state index contributed by atoms with van der Waals surface area (Å²) in [6, 6.07) is 12.6. The van der Waals surface area contributed by atoms with E-state index < -0.39 is 0 Å². The normalized spacial score (nSPS) is 12.4. The molecule has 2 nitrogen and oxygen atoms in total. The number of nitrogens with one attached hydrogen (secondary N) is 1. The second kappa shape index (κ2) is 5.84. The lowest BCUT2D eigenvalue weighted by Gasteiger charge is -2.18. The number of hydrogen-bond donors (Lipinski definition) is 1. The van der Waals surface area contributed by atoms with Gasteiger partial charge in [-0.15, -0.1) is 11.3 Å². The summed E-state index contributed by atoms with van der Waals surface area (Å²) in [5.41, 5.74) is 1.19. The van der Waals surface area contributed by atoms with Crippen LogP contribution in [-0.2, 0) is 0 Å². The molecule has 0 aliphatic rings. The number of benzene rings is 1. The Balaban J connectivity index is 2.37. The van der Waals surface area contributed by atoms with E-state index >= 15 is 0 Å². The minimum atomic E-state index is 0.206. The van der Waals surface area contributed by atoms with E-state index in [2.05, 4.69) is 35.0 Å². The molecule has 0 saturated heterocycles.